The number of carbonyl (C=O) groups excluding carboxylic acids is 1. The zero-order valence-electron chi connectivity index (χ0n) is 17.6. The van der Waals surface area contributed by atoms with E-state index in [0.717, 1.165) is 12.8 Å². The van der Waals surface area contributed by atoms with E-state index in [2.05, 4.69) is 29.4 Å². The predicted octanol–water partition coefficient (Wildman–Crippen LogP) is 3.27. The van der Waals surface area contributed by atoms with Gasteiger partial charge in [-0.15, -0.1) is 12.4 Å². The fourth-order valence-corrected chi connectivity index (χ4v) is 5.26. The van der Waals surface area contributed by atoms with Crippen molar-refractivity contribution < 1.29 is 13.9 Å². The van der Waals surface area contributed by atoms with Gasteiger partial charge in [-0.3, -0.25) is 4.79 Å². The number of oxazole rings is 1. The minimum Gasteiger partial charge on any atom is -0.423 e. The molecule has 1 amide bonds. The standard InChI is InChI=1S/C22H30N4O3.ClH/c1-13-11-28-12-14(2)26(13)22-25-20-18(7-4-8-19(20)29-22)21(27)24-17-9-15-5-3-6-16(10-17)23-15;/h4,7-8,13-17,23H,3,5-6,9-12H2,1-2H3,(H,24,27);1H/t13-,14-,15?,16?,17?;/m0./s1. The summed E-state index contributed by atoms with van der Waals surface area (Å²) in [6.45, 7) is 5.50. The first-order valence-corrected chi connectivity index (χ1v) is 10.9. The maximum atomic E-state index is 13.1. The fraction of sp³-hybridized carbons (Fsp3) is 0.636. The number of anilines is 1. The van der Waals surface area contributed by atoms with Crippen LogP contribution in [0.1, 0.15) is 56.3 Å². The molecule has 30 heavy (non-hydrogen) atoms. The third-order valence-corrected chi connectivity index (χ3v) is 6.59. The Morgan fingerprint density at radius 3 is 2.57 bits per heavy atom. The molecule has 1 aromatic heterocycles. The van der Waals surface area contributed by atoms with E-state index < -0.39 is 0 Å². The molecule has 164 valence electrons. The number of amides is 1. The lowest BCUT2D eigenvalue weighted by atomic mass is 9.84. The smallest absolute Gasteiger partial charge is 0.299 e. The number of morpholine rings is 1. The molecule has 3 fully saturated rings. The Morgan fingerprint density at radius 1 is 1.17 bits per heavy atom. The van der Waals surface area contributed by atoms with Crippen LogP contribution in [0.15, 0.2) is 22.6 Å². The van der Waals surface area contributed by atoms with Gasteiger partial charge in [0.05, 0.1) is 30.9 Å². The molecule has 5 rings (SSSR count). The van der Waals surface area contributed by atoms with Gasteiger partial charge >= 0.3 is 0 Å². The molecule has 3 aliphatic rings. The summed E-state index contributed by atoms with van der Waals surface area (Å²) in [6.07, 6.45) is 5.72. The summed E-state index contributed by atoms with van der Waals surface area (Å²) < 4.78 is 11.7. The van der Waals surface area contributed by atoms with Crippen LogP contribution in [-0.2, 0) is 4.74 Å². The molecule has 2 N–H and O–H groups in total. The Kier molecular flexibility index (Phi) is 6.23. The van der Waals surface area contributed by atoms with Crippen LogP contribution in [-0.4, -0.2) is 54.3 Å². The number of para-hydroxylation sites is 1. The van der Waals surface area contributed by atoms with Crippen molar-refractivity contribution in [1.82, 2.24) is 15.6 Å². The normalized spacial score (nSPS) is 31.3. The minimum absolute atomic E-state index is 0. The van der Waals surface area contributed by atoms with E-state index in [1.807, 2.05) is 18.2 Å². The lowest BCUT2D eigenvalue weighted by Gasteiger charge is -2.40. The zero-order valence-corrected chi connectivity index (χ0v) is 18.4. The Morgan fingerprint density at radius 2 is 1.87 bits per heavy atom. The first kappa shape index (κ1) is 21.4. The second-order valence-corrected chi connectivity index (χ2v) is 8.92. The van der Waals surface area contributed by atoms with Gasteiger partial charge in [-0.25, -0.2) is 0 Å². The number of piperidine rings is 2. The molecule has 0 radical (unpaired) electrons. The number of ether oxygens (including phenoxy) is 1. The highest BCUT2D eigenvalue weighted by Gasteiger charge is 2.33. The van der Waals surface area contributed by atoms with Crippen LogP contribution in [0.25, 0.3) is 11.1 Å². The van der Waals surface area contributed by atoms with E-state index in [1.165, 1.54) is 19.3 Å². The summed E-state index contributed by atoms with van der Waals surface area (Å²) in [5.41, 5.74) is 1.88. The molecule has 2 bridgehead atoms. The van der Waals surface area contributed by atoms with Crippen molar-refractivity contribution in [2.75, 3.05) is 18.1 Å². The fourth-order valence-electron chi connectivity index (χ4n) is 5.26. The van der Waals surface area contributed by atoms with Gasteiger partial charge in [0.1, 0.15) is 5.52 Å². The van der Waals surface area contributed by atoms with Gasteiger partial charge in [-0.05, 0) is 51.7 Å². The third-order valence-electron chi connectivity index (χ3n) is 6.59. The monoisotopic (exact) mass is 434 g/mol. The minimum atomic E-state index is -0.0523. The van der Waals surface area contributed by atoms with Crippen LogP contribution >= 0.6 is 12.4 Å². The first-order valence-electron chi connectivity index (χ1n) is 10.9. The lowest BCUT2D eigenvalue weighted by molar-refractivity contribution is 0.0727. The van der Waals surface area contributed by atoms with Crippen molar-refractivity contribution in [2.45, 2.75) is 76.2 Å². The summed E-state index contributed by atoms with van der Waals surface area (Å²) >= 11 is 0. The highest BCUT2D eigenvalue weighted by atomic mass is 35.5. The molecule has 0 spiro atoms. The molecule has 3 aliphatic heterocycles. The second kappa shape index (κ2) is 8.73. The highest BCUT2D eigenvalue weighted by molar-refractivity contribution is 6.04. The molecule has 4 heterocycles. The van der Waals surface area contributed by atoms with Crippen LogP contribution in [0.4, 0.5) is 6.01 Å². The molecule has 8 heteroatoms. The van der Waals surface area contributed by atoms with Crippen LogP contribution in [0.2, 0.25) is 0 Å². The Bertz CT molecular complexity index is 882. The quantitative estimate of drug-likeness (QED) is 0.771. The number of hydrogen-bond acceptors (Lipinski definition) is 6. The van der Waals surface area contributed by atoms with Crippen LogP contribution in [0.3, 0.4) is 0 Å². The maximum Gasteiger partial charge on any atom is 0.299 e. The molecule has 1 aromatic carbocycles. The topological polar surface area (TPSA) is 79.6 Å². The van der Waals surface area contributed by atoms with E-state index >= 15 is 0 Å². The Labute approximate surface area is 183 Å². The van der Waals surface area contributed by atoms with Crippen molar-refractivity contribution in [3.8, 4) is 0 Å². The van der Waals surface area contributed by atoms with Gasteiger partial charge in [-0.1, -0.05) is 12.5 Å². The number of benzene rings is 1. The van der Waals surface area contributed by atoms with E-state index in [4.69, 9.17) is 14.1 Å². The molecular formula is C22H31ClN4O3. The number of halogens is 1. The first-order chi connectivity index (χ1) is 14.1. The summed E-state index contributed by atoms with van der Waals surface area (Å²) in [5.74, 6) is -0.0523. The van der Waals surface area contributed by atoms with Gasteiger partial charge in [-0.2, -0.15) is 4.98 Å². The van der Waals surface area contributed by atoms with Crippen LogP contribution < -0.4 is 15.5 Å². The average molecular weight is 435 g/mol. The number of hydrogen-bond donors (Lipinski definition) is 2. The van der Waals surface area contributed by atoms with E-state index in [1.54, 1.807) is 0 Å². The Hall–Kier alpha value is -1.83. The summed E-state index contributed by atoms with van der Waals surface area (Å²) in [4.78, 5) is 20.0. The summed E-state index contributed by atoms with van der Waals surface area (Å²) in [7, 11) is 0. The van der Waals surface area contributed by atoms with Gasteiger partial charge in [0.15, 0.2) is 5.58 Å². The number of nitrogens with one attached hydrogen (secondary N) is 2. The SMILES string of the molecule is C[C@H]1COC[C@H](C)N1c1nc2c(C(=O)NC3CC4CCCC(C3)N4)cccc2o1.Cl. The highest BCUT2D eigenvalue weighted by Crippen LogP contribution is 2.30. The average Bonchev–Trinajstić information content (AvgIpc) is 3.11. The zero-order chi connectivity index (χ0) is 20.0. The molecule has 2 unspecified atom stereocenters. The van der Waals surface area contributed by atoms with Gasteiger partial charge < -0.3 is 24.7 Å². The number of carbonyl (C=O) groups is 1. The van der Waals surface area contributed by atoms with Gasteiger partial charge in [0, 0.05) is 18.1 Å². The summed E-state index contributed by atoms with van der Waals surface area (Å²) in [5, 5.41) is 6.95. The molecule has 0 saturated carbocycles. The molecule has 7 nitrogen and oxygen atoms in total. The van der Waals surface area contributed by atoms with E-state index in [9.17, 15) is 4.79 Å². The third kappa shape index (κ3) is 4.03. The van der Waals surface area contributed by atoms with Gasteiger partial charge in [0.2, 0.25) is 0 Å². The predicted molar refractivity (Wildman–Crippen MR) is 119 cm³/mol. The van der Waals surface area contributed by atoms with Crippen molar-refractivity contribution in [3.63, 3.8) is 0 Å². The van der Waals surface area contributed by atoms with Crippen molar-refractivity contribution >= 4 is 35.4 Å². The van der Waals surface area contributed by atoms with Crippen LogP contribution in [0.5, 0.6) is 0 Å². The summed E-state index contributed by atoms with van der Waals surface area (Å²) in [6, 6.07) is 7.82. The molecule has 2 aromatic rings. The lowest BCUT2D eigenvalue weighted by Crippen LogP contribution is -2.54. The van der Waals surface area contributed by atoms with Crippen molar-refractivity contribution in [2.24, 2.45) is 0 Å². The van der Waals surface area contributed by atoms with E-state index in [0.29, 0.717) is 48.0 Å². The number of aromatic nitrogens is 1. The number of fused-ring (bicyclic) bond motifs is 3. The Balaban J connectivity index is 0.00000218. The molecule has 0 aliphatic carbocycles. The largest absolute Gasteiger partial charge is 0.423 e. The van der Waals surface area contributed by atoms with E-state index in [-0.39, 0.29) is 36.4 Å². The number of nitrogens with zero attached hydrogens (tertiary/aromatic N) is 2. The maximum absolute atomic E-state index is 13.1. The second-order valence-electron chi connectivity index (χ2n) is 8.92. The van der Waals surface area contributed by atoms with Crippen molar-refractivity contribution in [1.29, 1.82) is 0 Å². The number of rotatable bonds is 3. The molecule has 3 saturated heterocycles. The molecular weight excluding hydrogens is 404 g/mol. The molecule has 4 atom stereocenters. The van der Waals surface area contributed by atoms with Crippen LogP contribution in [0, 0.1) is 0 Å². The van der Waals surface area contributed by atoms with Crippen molar-refractivity contribution in [3.05, 3.63) is 23.8 Å². The van der Waals surface area contributed by atoms with Gasteiger partial charge in [0.25, 0.3) is 11.9 Å².